The number of nitro groups is 1. The van der Waals surface area contributed by atoms with Gasteiger partial charge in [-0.25, -0.2) is 0 Å². The minimum absolute atomic E-state index is 0.0787. The Morgan fingerprint density at radius 3 is 2.42 bits per heavy atom. The molecule has 0 aromatic heterocycles. The minimum atomic E-state index is -0.604. The molecule has 0 amide bonds. The molecule has 1 atom stereocenters. The van der Waals surface area contributed by atoms with Crippen molar-refractivity contribution in [3.63, 3.8) is 0 Å². The lowest BCUT2D eigenvalue weighted by Gasteiger charge is -2.13. The van der Waals surface area contributed by atoms with Crippen LogP contribution in [0, 0.1) is 10.1 Å². The van der Waals surface area contributed by atoms with Gasteiger partial charge in [-0.1, -0.05) is 48.5 Å². The molecule has 3 rings (SSSR count). The van der Waals surface area contributed by atoms with Crippen LogP contribution >= 0.6 is 0 Å². The summed E-state index contributed by atoms with van der Waals surface area (Å²) in [7, 11) is 0. The highest BCUT2D eigenvalue weighted by atomic mass is 16.6. The van der Waals surface area contributed by atoms with Crippen molar-refractivity contribution in [3.05, 3.63) is 88.0 Å². The van der Waals surface area contributed by atoms with E-state index in [1.807, 2.05) is 42.5 Å². The van der Waals surface area contributed by atoms with Crippen LogP contribution in [0.25, 0.3) is 10.8 Å². The Kier molecular flexibility index (Phi) is 4.84. The van der Waals surface area contributed by atoms with Gasteiger partial charge in [-0.05, 0) is 28.0 Å². The van der Waals surface area contributed by atoms with Gasteiger partial charge < -0.3 is 10.4 Å². The van der Waals surface area contributed by atoms with Gasteiger partial charge in [-0.2, -0.15) is 0 Å². The fourth-order valence-corrected chi connectivity index (χ4v) is 2.62. The summed E-state index contributed by atoms with van der Waals surface area (Å²) in [6.07, 6.45) is -0.604. The summed E-state index contributed by atoms with van der Waals surface area (Å²) in [4.78, 5) is 10.2. The lowest BCUT2D eigenvalue weighted by Crippen LogP contribution is -2.21. The summed E-state index contributed by atoms with van der Waals surface area (Å²) in [5.41, 5.74) is 1.88. The van der Waals surface area contributed by atoms with Crippen molar-refractivity contribution in [2.45, 2.75) is 12.6 Å². The molecule has 0 aliphatic heterocycles. The molecule has 0 aliphatic rings. The van der Waals surface area contributed by atoms with E-state index in [0.717, 1.165) is 21.9 Å². The molecule has 24 heavy (non-hydrogen) atoms. The van der Waals surface area contributed by atoms with Crippen molar-refractivity contribution in [2.75, 3.05) is 6.54 Å². The molecule has 5 heteroatoms. The average molecular weight is 322 g/mol. The molecule has 0 saturated carbocycles. The molecule has 0 heterocycles. The molecule has 2 N–H and O–H groups in total. The molecule has 1 unspecified atom stereocenters. The van der Waals surface area contributed by atoms with Crippen LogP contribution in [0.1, 0.15) is 17.2 Å². The number of nitro benzene ring substituents is 1. The molecule has 0 spiro atoms. The van der Waals surface area contributed by atoms with E-state index < -0.39 is 11.0 Å². The van der Waals surface area contributed by atoms with Gasteiger partial charge in [0, 0.05) is 25.2 Å². The van der Waals surface area contributed by atoms with Crippen molar-refractivity contribution in [3.8, 4) is 0 Å². The Balaban J connectivity index is 1.58. The third-order valence-corrected chi connectivity index (χ3v) is 3.97. The number of non-ortho nitro benzene ring substituents is 1. The molecule has 0 fully saturated rings. The number of aliphatic hydroxyl groups is 1. The third kappa shape index (κ3) is 3.76. The summed E-state index contributed by atoms with van der Waals surface area (Å²) in [5, 5.41) is 26.4. The fourth-order valence-electron chi connectivity index (χ4n) is 2.62. The van der Waals surface area contributed by atoms with Gasteiger partial charge in [0.15, 0.2) is 0 Å². The number of rotatable bonds is 6. The smallest absolute Gasteiger partial charge is 0.269 e. The molecular formula is C19H18N2O3. The van der Waals surface area contributed by atoms with Crippen LogP contribution in [0.2, 0.25) is 0 Å². The summed E-state index contributed by atoms with van der Waals surface area (Å²) < 4.78 is 0. The van der Waals surface area contributed by atoms with Crippen molar-refractivity contribution < 1.29 is 10.0 Å². The number of fused-ring (bicyclic) bond motifs is 1. The maximum absolute atomic E-state index is 10.6. The van der Waals surface area contributed by atoms with Crippen molar-refractivity contribution in [1.29, 1.82) is 0 Å². The van der Waals surface area contributed by atoms with Crippen molar-refractivity contribution in [1.82, 2.24) is 5.32 Å². The summed E-state index contributed by atoms with van der Waals surface area (Å²) in [6, 6.07) is 20.4. The van der Waals surface area contributed by atoms with Crippen LogP contribution in [-0.4, -0.2) is 16.6 Å². The lowest BCUT2D eigenvalue weighted by atomic mass is 10.0. The first kappa shape index (κ1) is 16.1. The second kappa shape index (κ2) is 7.21. The second-order valence-corrected chi connectivity index (χ2v) is 5.68. The lowest BCUT2D eigenvalue weighted by molar-refractivity contribution is -0.384. The second-order valence-electron chi connectivity index (χ2n) is 5.68. The average Bonchev–Trinajstić information content (AvgIpc) is 2.61. The summed E-state index contributed by atoms with van der Waals surface area (Å²) in [6.45, 7) is 0.956. The van der Waals surface area contributed by atoms with E-state index in [1.165, 1.54) is 12.1 Å². The molecule has 3 aromatic carbocycles. The Bertz CT molecular complexity index is 847. The molecule has 5 nitrogen and oxygen atoms in total. The number of benzene rings is 3. The fraction of sp³-hybridized carbons (Fsp3) is 0.158. The first-order chi connectivity index (χ1) is 11.6. The van der Waals surface area contributed by atoms with E-state index in [0.29, 0.717) is 13.1 Å². The molecule has 0 saturated heterocycles. The minimum Gasteiger partial charge on any atom is -0.387 e. The van der Waals surface area contributed by atoms with Gasteiger partial charge in [0.25, 0.3) is 5.69 Å². The van der Waals surface area contributed by atoms with Crippen LogP contribution in [-0.2, 0) is 6.54 Å². The third-order valence-electron chi connectivity index (χ3n) is 3.97. The number of nitrogens with one attached hydrogen (secondary N) is 1. The molecule has 0 aliphatic carbocycles. The Morgan fingerprint density at radius 2 is 1.71 bits per heavy atom. The van der Waals surface area contributed by atoms with Gasteiger partial charge in [0.2, 0.25) is 0 Å². The Morgan fingerprint density at radius 1 is 1.00 bits per heavy atom. The quantitative estimate of drug-likeness (QED) is 0.537. The van der Waals surface area contributed by atoms with Gasteiger partial charge in [-0.3, -0.25) is 10.1 Å². The van der Waals surface area contributed by atoms with Crippen molar-refractivity contribution >= 4 is 16.5 Å². The number of hydrogen-bond donors (Lipinski definition) is 2. The van der Waals surface area contributed by atoms with Crippen LogP contribution in [0.4, 0.5) is 5.69 Å². The zero-order valence-corrected chi connectivity index (χ0v) is 13.1. The van der Waals surface area contributed by atoms with Gasteiger partial charge in [-0.15, -0.1) is 0 Å². The van der Waals surface area contributed by atoms with Crippen LogP contribution < -0.4 is 5.32 Å². The van der Waals surface area contributed by atoms with Crippen LogP contribution in [0.15, 0.2) is 66.7 Å². The van der Waals surface area contributed by atoms with E-state index in [2.05, 4.69) is 5.32 Å². The first-order valence-corrected chi connectivity index (χ1v) is 7.74. The molecule has 122 valence electrons. The SMILES string of the molecule is O=[N+]([O-])c1ccc(CNCC(O)c2ccc3ccccc3c2)cc1. The first-order valence-electron chi connectivity index (χ1n) is 7.74. The zero-order chi connectivity index (χ0) is 16.9. The van der Waals surface area contributed by atoms with E-state index in [-0.39, 0.29) is 5.69 Å². The Hall–Kier alpha value is -2.76. The van der Waals surface area contributed by atoms with Gasteiger partial charge in [0.05, 0.1) is 11.0 Å². The summed E-state index contributed by atoms with van der Waals surface area (Å²) in [5.74, 6) is 0. The highest BCUT2D eigenvalue weighted by molar-refractivity contribution is 5.83. The standard InChI is InChI=1S/C19H18N2O3/c22-19(17-8-7-15-3-1-2-4-16(15)11-17)13-20-12-14-5-9-18(10-6-14)21(23)24/h1-11,19-20,22H,12-13H2. The number of aliphatic hydroxyl groups excluding tert-OH is 1. The highest BCUT2D eigenvalue weighted by Gasteiger charge is 2.08. The molecule has 0 radical (unpaired) electrons. The monoisotopic (exact) mass is 322 g/mol. The number of nitrogens with zero attached hydrogens (tertiary/aromatic N) is 1. The van der Waals surface area contributed by atoms with Crippen molar-refractivity contribution in [2.24, 2.45) is 0 Å². The largest absolute Gasteiger partial charge is 0.387 e. The van der Waals surface area contributed by atoms with E-state index in [4.69, 9.17) is 0 Å². The highest BCUT2D eigenvalue weighted by Crippen LogP contribution is 2.20. The van der Waals surface area contributed by atoms with Gasteiger partial charge >= 0.3 is 0 Å². The van der Waals surface area contributed by atoms with Crippen LogP contribution in [0.3, 0.4) is 0 Å². The van der Waals surface area contributed by atoms with Gasteiger partial charge in [0.1, 0.15) is 0 Å². The predicted octanol–water partition coefficient (Wildman–Crippen LogP) is 3.57. The topological polar surface area (TPSA) is 75.4 Å². The normalized spacial score (nSPS) is 12.2. The molecule has 0 bridgehead atoms. The maximum Gasteiger partial charge on any atom is 0.269 e. The summed E-state index contributed by atoms with van der Waals surface area (Å²) >= 11 is 0. The van der Waals surface area contributed by atoms with E-state index in [9.17, 15) is 15.2 Å². The predicted molar refractivity (Wildman–Crippen MR) is 93.7 cm³/mol. The Labute approximate surface area is 139 Å². The van der Waals surface area contributed by atoms with E-state index in [1.54, 1.807) is 12.1 Å². The maximum atomic E-state index is 10.6. The number of hydrogen-bond acceptors (Lipinski definition) is 4. The van der Waals surface area contributed by atoms with Crippen LogP contribution in [0.5, 0.6) is 0 Å². The zero-order valence-electron chi connectivity index (χ0n) is 13.1. The molecular weight excluding hydrogens is 304 g/mol. The van der Waals surface area contributed by atoms with E-state index >= 15 is 0 Å². The molecule has 3 aromatic rings.